The fraction of sp³-hybridized carbons (Fsp3) is 0.611. The third-order valence-corrected chi connectivity index (χ3v) is 4.48. The number of rotatable bonds is 8. The molecule has 128 valence electrons. The number of nitrogens with zero attached hydrogens (tertiary/aromatic N) is 1. The van der Waals surface area contributed by atoms with Gasteiger partial charge in [-0.15, -0.1) is 0 Å². The van der Waals surface area contributed by atoms with E-state index in [0.717, 1.165) is 13.0 Å². The van der Waals surface area contributed by atoms with Gasteiger partial charge in [-0.2, -0.15) is 0 Å². The Kier molecular flexibility index (Phi) is 7.69. The molecular weight excluding hydrogens is 312 g/mol. The molecule has 1 N–H and O–H groups in total. The van der Waals surface area contributed by atoms with E-state index in [1.165, 1.54) is 32.4 Å². The first-order valence-electron chi connectivity index (χ1n) is 8.62. The molecule has 1 fully saturated rings. The molecule has 5 heteroatoms. The fourth-order valence-corrected chi connectivity index (χ4v) is 3.01. The normalized spacial score (nSPS) is 16.8. The molecule has 1 heterocycles. The van der Waals surface area contributed by atoms with Crippen LogP contribution in [0.5, 0.6) is 5.75 Å². The van der Waals surface area contributed by atoms with Gasteiger partial charge in [0.2, 0.25) is 0 Å². The largest absolute Gasteiger partial charge is 0.479 e. The summed E-state index contributed by atoms with van der Waals surface area (Å²) in [5.74, 6) is 0.496. The second kappa shape index (κ2) is 9.78. The number of hydrogen-bond donors (Lipinski definition) is 1. The van der Waals surface area contributed by atoms with Gasteiger partial charge >= 0.3 is 0 Å². The zero-order chi connectivity index (χ0) is 16.5. The van der Waals surface area contributed by atoms with Crippen molar-refractivity contribution in [3.05, 3.63) is 29.3 Å². The zero-order valence-electron chi connectivity index (χ0n) is 13.9. The van der Waals surface area contributed by atoms with Gasteiger partial charge in [0, 0.05) is 6.54 Å². The number of carbonyl (C=O) groups excluding carboxylic acids is 1. The maximum Gasteiger partial charge on any atom is 0.261 e. The Morgan fingerprint density at radius 2 is 2.04 bits per heavy atom. The summed E-state index contributed by atoms with van der Waals surface area (Å²) < 4.78 is 5.75. The topological polar surface area (TPSA) is 41.6 Å². The molecule has 0 aromatic heterocycles. The van der Waals surface area contributed by atoms with E-state index in [-0.39, 0.29) is 5.91 Å². The minimum absolute atomic E-state index is 0.0638. The number of hydrogen-bond acceptors (Lipinski definition) is 3. The quantitative estimate of drug-likeness (QED) is 0.738. The number of ether oxygens (including phenoxy) is 1. The SMILES string of the molecule is CCC(Oc1ccccc1Cl)C(=O)NCCCN1CCCCC1. The van der Waals surface area contributed by atoms with E-state index >= 15 is 0 Å². The van der Waals surface area contributed by atoms with Crippen molar-refractivity contribution in [2.75, 3.05) is 26.2 Å². The molecule has 1 saturated heterocycles. The van der Waals surface area contributed by atoms with Crippen molar-refractivity contribution in [2.24, 2.45) is 0 Å². The number of benzene rings is 1. The minimum atomic E-state index is -0.495. The van der Waals surface area contributed by atoms with Gasteiger partial charge in [0.25, 0.3) is 5.91 Å². The van der Waals surface area contributed by atoms with Gasteiger partial charge in [-0.3, -0.25) is 4.79 Å². The van der Waals surface area contributed by atoms with Crippen LogP contribution < -0.4 is 10.1 Å². The van der Waals surface area contributed by atoms with Crippen molar-refractivity contribution in [1.29, 1.82) is 0 Å². The smallest absolute Gasteiger partial charge is 0.261 e. The van der Waals surface area contributed by atoms with Crippen LogP contribution >= 0.6 is 11.6 Å². The van der Waals surface area contributed by atoms with Crippen LogP contribution in [-0.4, -0.2) is 43.1 Å². The Bertz CT molecular complexity index is 490. The molecule has 1 atom stereocenters. The highest BCUT2D eigenvalue weighted by Gasteiger charge is 2.19. The highest BCUT2D eigenvalue weighted by molar-refractivity contribution is 6.32. The predicted octanol–water partition coefficient (Wildman–Crippen LogP) is 3.49. The van der Waals surface area contributed by atoms with Gasteiger partial charge in [0.1, 0.15) is 5.75 Å². The number of para-hydroxylation sites is 1. The van der Waals surface area contributed by atoms with E-state index in [2.05, 4.69) is 10.2 Å². The molecule has 1 aromatic rings. The highest BCUT2D eigenvalue weighted by atomic mass is 35.5. The van der Waals surface area contributed by atoms with Crippen molar-refractivity contribution in [3.8, 4) is 5.75 Å². The van der Waals surface area contributed by atoms with Crippen LogP contribution in [0.25, 0.3) is 0 Å². The first-order chi connectivity index (χ1) is 11.2. The third-order valence-electron chi connectivity index (χ3n) is 4.17. The number of carbonyl (C=O) groups is 1. The average molecular weight is 339 g/mol. The molecule has 1 aliphatic heterocycles. The molecule has 0 bridgehead atoms. The van der Waals surface area contributed by atoms with E-state index in [0.29, 0.717) is 23.7 Å². The van der Waals surface area contributed by atoms with E-state index in [9.17, 15) is 4.79 Å². The first-order valence-corrected chi connectivity index (χ1v) is 8.99. The molecule has 1 aliphatic rings. The van der Waals surface area contributed by atoms with Crippen molar-refractivity contribution >= 4 is 17.5 Å². The first kappa shape index (κ1) is 18.1. The van der Waals surface area contributed by atoms with E-state index in [1.807, 2.05) is 19.1 Å². The van der Waals surface area contributed by atoms with Crippen LogP contribution in [0.4, 0.5) is 0 Å². The van der Waals surface area contributed by atoms with Crippen LogP contribution in [0.15, 0.2) is 24.3 Å². The number of nitrogens with one attached hydrogen (secondary N) is 1. The van der Waals surface area contributed by atoms with Gasteiger partial charge in [-0.1, -0.05) is 37.1 Å². The van der Waals surface area contributed by atoms with Gasteiger partial charge in [0.05, 0.1) is 5.02 Å². The molecule has 1 amide bonds. The summed E-state index contributed by atoms with van der Waals surface area (Å²) in [6.07, 6.45) is 5.05. The Hall–Kier alpha value is -1.26. The maximum atomic E-state index is 12.2. The van der Waals surface area contributed by atoms with Gasteiger partial charge in [0.15, 0.2) is 6.10 Å². The second-order valence-electron chi connectivity index (χ2n) is 5.99. The zero-order valence-corrected chi connectivity index (χ0v) is 14.6. The molecule has 2 rings (SSSR count). The molecule has 0 radical (unpaired) electrons. The van der Waals surface area contributed by atoms with E-state index in [1.54, 1.807) is 12.1 Å². The molecule has 1 unspecified atom stereocenters. The number of piperidine rings is 1. The molecule has 1 aromatic carbocycles. The summed E-state index contributed by atoms with van der Waals surface area (Å²) in [6.45, 7) is 6.08. The van der Waals surface area contributed by atoms with Crippen molar-refractivity contribution in [3.63, 3.8) is 0 Å². The summed E-state index contributed by atoms with van der Waals surface area (Å²) in [5.41, 5.74) is 0. The molecule has 0 saturated carbocycles. The lowest BCUT2D eigenvalue weighted by molar-refractivity contribution is -0.128. The number of likely N-dealkylation sites (tertiary alicyclic amines) is 1. The second-order valence-corrected chi connectivity index (χ2v) is 6.40. The summed E-state index contributed by atoms with van der Waals surface area (Å²) in [4.78, 5) is 14.7. The van der Waals surface area contributed by atoms with Gasteiger partial charge in [-0.25, -0.2) is 0 Å². The van der Waals surface area contributed by atoms with Crippen molar-refractivity contribution in [1.82, 2.24) is 10.2 Å². The summed E-state index contributed by atoms with van der Waals surface area (Å²) in [5, 5.41) is 3.51. The number of amides is 1. The van der Waals surface area contributed by atoms with E-state index < -0.39 is 6.10 Å². The highest BCUT2D eigenvalue weighted by Crippen LogP contribution is 2.24. The summed E-state index contributed by atoms with van der Waals surface area (Å²) in [6, 6.07) is 7.25. The van der Waals surface area contributed by atoms with Crippen molar-refractivity contribution < 1.29 is 9.53 Å². The Morgan fingerprint density at radius 1 is 1.30 bits per heavy atom. The third kappa shape index (κ3) is 6.04. The van der Waals surface area contributed by atoms with Crippen LogP contribution in [0.2, 0.25) is 5.02 Å². The Balaban J connectivity index is 1.71. The Labute approximate surface area is 144 Å². The van der Waals surface area contributed by atoms with Crippen LogP contribution in [0.1, 0.15) is 39.0 Å². The molecule has 23 heavy (non-hydrogen) atoms. The lowest BCUT2D eigenvalue weighted by atomic mass is 10.1. The minimum Gasteiger partial charge on any atom is -0.479 e. The molecular formula is C18H27ClN2O2. The summed E-state index contributed by atoms with van der Waals surface area (Å²) in [7, 11) is 0. The van der Waals surface area contributed by atoms with Crippen LogP contribution in [-0.2, 0) is 4.79 Å². The molecule has 4 nitrogen and oxygen atoms in total. The van der Waals surface area contributed by atoms with E-state index in [4.69, 9.17) is 16.3 Å². The maximum absolute atomic E-state index is 12.2. The van der Waals surface area contributed by atoms with Crippen LogP contribution in [0.3, 0.4) is 0 Å². The van der Waals surface area contributed by atoms with Crippen molar-refractivity contribution in [2.45, 2.75) is 45.1 Å². The predicted molar refractivity (Wildman–Crippen MR) is 94.1 cm³/mol. The fourth-order valence-electron chi connectivity index (χ4n) is 2.83. The lowest BCUT2D eigenvalue weighted by Crippen LogP contribution is -2.39. The Morgan fingerprint density at radius 3 is 2.74 bits per heavy atom. The number of halogens is 1. The average Bonchev–Trinajstić information content (AvgIpc) is 2.59. The monoisotopic (exact) mass is 338 g/mol. The summed E-state index contributed by atoms with van der Waals surface area (Å²) >= 11 is 6.08. The van der Waals surface area contributed by atoms with Crippen LogP contribution in [0, 0.1) is 0 Å². The lowest BCUT2D eigenvalue weighted by Gasteiger charge is -2.26. The molecule has 0 spiro atoms. The standard InChI is InChI=1S/C18H27ClN2O2/c1-2-16(23-17-10-5-4-9-15(17)19)18(22)20-11-8-14-21-12-6-3-7-13-21/h4-5,9-10,16H,2-3,6-8,11-14H2,1H3,(H,20,22). The molecule has 0 aliphatic carbocycles. The van der Waals surface area contributed by atoms with Gasteiger partial charge in [-0.05, 0) is 57.5 Å². The van der Waals surface area contributed by atoms with Gasteiger partial charge < -0.3 is 15.0 Å².